The first-order chi connectivity index (χ1) is 8.31. The predicted molar refractivity (Wildman–Crippen MR) is 70.2 cm³/mol. The number of benzene rings is 1. The number of anilines is 1. The normalized spacial score (nSPS) is 14.6. The number of pyridine rings is 1. The predicted octanol–water partition coefficient (Wildman–Crippen LogP) is 2.97. The van der Waals surface area contributed by atoms with E-state index in [4.69, 9.17) is 0 Å². The van der Waals surface area contributed by atoms with Gasteiger partial charge in [0.05, 0.1) is 5.69 Å². The highest BCUT2D eigenvalue weighted by Gasteiger charge is 2.20. The topological polar surface area (TPSA) is 24.9 Å². The molecule has 1 heterocycles. The quantitative estimate of drug-likeness (QED) is 0.848. The lowest BCUT2D eigenvalue weighted by Gasteiger charge is -2.13. The molecule has 0 saturated heterocycles. The largest absolute Gasteiger partial charge is 0.380 e. The van der Waals surface area contributed by atoms with Crippen LogP contribution in [0.4, 0.5) is 5.69 Å². The van der Waals surface area contributed by atoms with Gasteiger partial charge in [-0.25, -0.2) is 0 Å². The van der Waals surface area contributed by atoms with E-state index >= 15 is 0 Å². The van der Waals surface area contributed by atoms with Gasteiger partial charge < -0.3 is 5.32 Å². The molecule has 1 aromatic carbocycles. The number of fused-ring (bicyclic) bond motifs is 1. The number of rotatable bonds is 2. The van der Waals surface area contributed by atoms with Crippen molar-refractivity contribution in [3.8, 4) is 0 Å². The van der Waals surface area contributed by atoms with Crippen LogP contribution < -0.4 is 5.32 Å². The fraction of sp³-hybridized carbons (Fsp3) is 0.267. The maximum Gasteiger partial charge on any atom is 0.0531 e. The zero-order chi connectivity index (χ0) is 11.7. The molecule has 0 amide bonds. The lowest BCUT2D eigenvalue weighted by atomic mass is 10.1. The van der Waals surface area contributed by atoms with Crippen LogP contribution in [-0.4, -0.2) is 11.0 Å². The second-order valence-electron chi connectivity index (χ2n) is 4.77. The average molecular weight is 224 g/mol. The Morgan fingerprint density at radius 3 is 2.47 bits per heavy atom. The number of nitrogens with zero attached hydrogens (tertiary/aromatic N) is 1. The van der Waals surface area contributed by atoms with Gasteiger partial charge in [0.2, 0.25) is 0 Å². The summed E-state index contributed by atoms with van der Waals surface area (Å²) in [4.78, 5) is 4.21. The lowest BCUT2D eigenvalue weighted by Crippen LogP contribution is -2.19. The summed E-state index contributed by atoms with van der Waals surface area (Å²) in [6.45, 7) is 2.07. The van der Waals surface area contributed by atoms with Crippen molar-refractivity contribution in [1.82, 2.24) is 4.98 Å². The van der Waals surface area contributed by atoms with Gasteiger partial charge in [0.1, 0.15) is 0 Å². The van der Waals surface area contributed by atoms with E-state index in [2.05, 4.69) is 47.6 Å². The molecule has 0 atom stereocenters. The Hall–Kier alpha value is -1.83. The first-order valence-electron chi connectivity index (χ1n) is 6.06. The molecule has 0 fully saturated rings. The lowest BCUT2D eigenvalue weighted by molar-refractivity contribution is 0.773. The second-order valence-corrected chi connectivity index (χ2v) is 4.77. The molecular weight excluding hydrogens is 208 g/mol. The minimum absolute atomic E-state index is 0.510. The summed E-state index contributed by atoms with van der Waals surface area (Å²) in [5, 5.41) is 3.57. The van der Waals surface area contributed by atoms with E-state index in [0.717, 1.165) is 18.5 Å². The Bertz CT molecular complexity index is 509. The molecule has 0 radical (unpaired) electrons. The van der Waals surface area contributed by atoms with Crippen molar-refractivity contribution in [3.63, 3.8) is 0 Å². The maximum absolute atomic E-state index is 4.21. The molecular formula is C15H16N2. The van der Waals surface area contributed by atoms with Gasteiger partial charge in [0.25, 0.3) is 0 Å². The first-order valence-corrected chi connectivity index (χ1v) is 6.06. The Balaban J connectivity index is 1.74. The monoisotopic (exact) mass is 224 g/mol. The van der Waals surface area contributed by atoms with E-state index in [1.54, 1.807) is 0 Å². The summed E-state index contributed by atoms with van der Waals surface area (Å²) in [6.07, 6.45) is 6.01. The van der Waals surface area contributed by atoms with E-state index in [1.165, 1.54) is 16.7 Å². The van der Waals surface area contributed by atoms with Crippen molar-refractivity contribution in [2.75, 3.05) is 5.32 Å². The molecule has 0 unspecified atom stereocenters. The van der Waals surface area contributed by atoms with Crippen molar-refractivity contribution in [3.05, 3.63) is 59.4 Å². The van der Waals surface area contributed by atoms with E-state index < -0.39 is 0 Å². The minimum Gasteiger partial charge on any atom is -0.380 e. The van der Waals surface area contributed by atoms with Crippen LogP contribution in [0.5, 0.6) is 0 Å². The Labute approximate surface area is 102 Å². The molecule has 1 aliphatic rings. The van der Waals surface area contributed by atoms with Gasteiger partial charge in [-0.1, -0.05) is 24.3 Å². The molecule has 0 spiro atoms. The fourth-order valence-electron chi connectivity index (χ4n) is 2.53. The molecule has 17 heavy (non-hydrogen) atoms. The summed E-state index contributed by atoms with van der Waals surface area (Å²) < 4.78 is 0. The van der Waals surface area contributed by atoms with E-state index in [1.807, 2.05) is 12.4 Å². The number of hydrogen-bond donors (Lipinski definition) is 1. The Morgan fingerprint density at radius 1 is 1.12 bits per heavy atom. The number of nitrogens with one attached hydrogen (secondary N) is 1. The fourth-order valence-corrected chi connectivity index (χ4v) is 2.53. The molecule has 86 valence electrons. The van der Waals surface area contributed by atoms with Gasteiger partial charge in [-0.15, -0.1) is 0 Å². The van der Waals surface area contributed by atoms with Crippen LogP contribution in [0.1, 0.15) is 16.7 Å². The molecule has 0 bridgehead atoms. The highest BCUT2D eigenvalue weighted by atomic mass is 14.9. The molecule has 1 aromatic heterocycles. The van der Waals surface area contributed by atoms with Gasteiger partial charge in [-0.2, -0.15) is 0 Å². The third-order valence-electron chi connectivity index (χ3n) is 3.30. The Morgan fingerprint density at radius 2 is 1.82 bits per heavy atom. The molecule has 1 N–H and O–H groups in total. The number of aryl methyl sites for hydroxylation is 1. The van der Waals surface area contributed by atoms with E-state index in [-0.39, 0.29) is 0 Å². The van der Waals surface area contributed by atoms with Gasteiger partial charge in [-0.05, 0) is 42.5 Å². The number of aromatic nitrogens is 1. The highest BCUT2D eigenvalue weighted by molar-refractivity contribution is 5.46. The SMILES string of the molecule is Cc1cncc(NC2Cc3ccccc3C2)c1. The molecule has 2 heteroatoms. The van der Waals surface area contributed by atoms with Gasteiger partial charge >= 0.3 is 0 Å². The van der Waals surface area contributed by atoms with Crippen molar-refractivity contribution >= 4 is 5.69 Å². The molecule has 2 aromatic rings. The van der Waals surface area contributed by atoms with Crippen LogP contribution in [0.25, 0.3) is 0 Å². The Kier molecular flexibility index (Phi) is 2.56. The molecule has 0 aliphatic heterocycles. The molecule has 3 rings (SSSR count). The summed E-state index contributed by atoms with van der Waals surface area (Å²) in [5.74, 6) is 0. The van der Waals surface area contributed by atoms with Crippen LogP contribution in [0, 0.1) is 6.92 Å². The highest BCUT2D eigenvalue weighted by Crippen LogP contribution is 2.24. The van der Waals surface area contributed by atoms with Crippen LogP contribution in [0.15, 0.2) is 42.7 Å². The smallest absolute Gasteiger partial charge is 0.0531 e. The molecule has 2 nitrogen and oxygen atoms in total. The van der Waals surface area contributed by atoms with Crippen molar-refractivity contribution in [2.45, 2.75) is 25.8 Å². The number of hydrogen-bond acceptors (Lipinski definition) is 2. The van der Waals surface area contributed by atoms with Gasteiger partial charge in [0.15, 0.2) is 0 Å². The third-order valence-corrected chi connectivity index (χ3v) is 3.30. The standard InChI is InChI=1S/C15H16N2/c1-11-6-15(10-16-9-11)17-14-7-12-4-2-3-5-13(12)8-14/h2-6,9-10,14,17H,7-8H2,1H3. The van der Waals surface area contributed by atoms with Crippen molar-refractivity contribution in [2.24, 2.45) is 0 Å². The van der Waals surface area contributed by atoms with E-state index in [9.17, 15) is 0 Å². The zero-order valence-electron chi connectivity index (χ0n) is 9.98. The summed E-state index contributed by atoms with van der Waals surface area (Å²) in [5.41, 5.74) is 5.28. The zero-order valence-corrected chi connectivity index (χ0v) is 9.98. The summed E-state index contributed by atoms with van der Waals surface area (Å²) in [7, 11) is 0. The third kappa shape index (κ3) is 2.16. The van der Waals surface area contributed by atoms with Crippen LogP contribution in [0.2, 0.25) is 0 Å². The summed E-state index contributed by atoms with van der Waals surface area (Å²) >= 11 is 0. The van der Waals surface area contributed by atoms with Crippen molar-refractivity contribution < 1.29 is 0 Å². The van der Waals surface area contributed by atoms with Gasteiger partial charge in [-0.3, -0.25) is 4.98 Å². The molecule has 0 saturated carbocycles. The maximum atomic E-state index is 4.21. The van der Waals surface area contributed by atoms with Gasteiger partial charge in [0, 0.05) is 18.4 Å². The van der Waals surface area contributed by atoms with Crippen LogP contribution in [-0.2, 0) is 12.8 Å². The van der Waals surface area contributed by atoms with E-state index in [0.29, 0.717) is 6.04 Å². The summed E-state index contributed by atoms with van der Waals surface area (Å²) in [6, 6.07) is 11.4. The average Bonchev–Trinajstić information content (AvgIpc) is 2.71. The molecule has 1 aliphatic carbocycles. The van der Waals surface area contributed by atoms with Crippen LogP contribution >= 0.6 is 0 Å². The first kappa shape index (κ1) is 10.3. The second kappa shape index (κ2) is 4.21. The van der Waals surface area contributed by atoms with Crippen LogP contribution in [0.3, 0.4) is 0 Å². The minimum atomic E-state index is 0.510. The van der Waals surface area contributed by atoms with Crippen molar-refractivity contribution in [1.29, 1.82) is 0 Å².